The molecule has 2 rings (SSSR count). The summed E-state index contributed by atoms with van der Waals surface area (Å²) in [5.74, 6) is 0. The molecule has 100 valence electrons. The van der Waals surface area contributed by atoms with Crippen LogP contribution in [0.5, 0.6) is 0 Å². The Labute approximate surface area is 119 Å². The van der Waals surface area contributed by atoms with Crippen molar-refractivity contribution in [3.8, 4) is 0 Å². The molecule has 0 aliphatic heterocycles. The second-order valence-corrected chi connectivity index (χ2v) is 5.02. The molecule has 1 aromatic heterocycles. The van der Waals surface area contributed by atoms with Gasteiger partial charge in [-0.05, 0) is 36.8 Å². The zero-order chi connectivity index (χ0) is 13.8. The highest BCUT2D eigenvalue weighted by Crippen LogP contribution is 2.26. The monoisotopic (exact) mass is 275 g/mol. The quantitative estimate of drug-likeness (QED) is 0.932. The van der Waals surface area contributed by atoms with E-state index >= 15 is 0 Å². The van der Waals surface area contributed by atoms with Crippen LogP contribution in [-0.2, 0) is 13.1 Å². The number of benzene rings is 1. The van der Waals surface area contributed by atoms with Gasteiger partial charge in [-0.25, -0.2) is 0 Å². The zero-order valence-electron chi connectivity index (χ0n) is 11.2. The number of hydrogen-bond donors (Lipinski definition) is 1. The normalized spacial score (nSPS) is 10.5. The van der Waals surface area contributed by atoms with Gasteiger partial charge in [0, 0.05) is 19.3 Å². The van der Waals surface area contributed by atoms with Gasteiger partial charge < -0.3 is 10.6 Å². The number of halogens is 1. The van der Waals surface area contributed by atoms with Crippen LogP contribution in [-0.4, -0.2) is 12.0 Å². The van der Waals surface area contributed by atoms with Gasteiger partial charge in [-0.1, -0.05) is 23.7 Å². The molecule has 0 aliphatic carbocycles. The second kappa shape index (κ2) is 6.04. The van der Waals surface area contributed by atoms with Gasteiger partial charge in [0.1, 0.15) is 0 Å². The van der Waals surface area contributed by atoms with Gasteiger partial charge in [0.2, 0.25) is 0 Å². The molecule has 1 heterocycles. The third-order valence-corrected chi connectivity index (χ3v) is 3.31. The molecule has 19 heavy (non-hydrogen) atoms. The molecule has 0 atom stereocenters. The maximum atomic E-state index is 6.28. The zero-order valence-corrected chi connectivity index (χ0v) is 12.0. The Kier molecular flexibility index (Phi) is 4.40. The van der Waals surface area contributed by atoms with E-state index in [2.05, 4.69) is 9.88 Å². The van der Waals surface area contributed by atoms with Crippen LogP contribution >= 0.6 is 11.6 Å². The van der Waals surface area contributed by atoms with Crippen molar-refractivity contribution in [3.05, 3.63) is 58.4 Å². The number of pyridine rings is 1. The first kappa shape index (κ1) is 13.8. The first-order valence-corrected chi connectivity index (χ1v) is 6.60. The van der Waals surface area contributed by atoms with Gasteiger partial charge in [-0.2, -0.15) is 0 Å². The van der Waals surface area contributed by atoms with Crippen molar-refractivity contribution in [2.75, 3.05) is 11.9 Å². The molecule has 0 radical (unpaired) electrons. The minimum atomic E-state index is 0.503. The molecule has 2 N–H and O–H groups in total. The van der Waals surface area contributed by atoms with E-state index in [4.69, 9.17) is 17.3 Å². The third-order valence-electron chi connectivity index (χ3n) is 3.00. The van der Waals surface area contributed by atoms with E-state index in [1.165, 1.54) is 0 Å². The molecule has 0 spiro atoms. The van der Waals surface area contributed by atoms with Crippen molar-refractivity contribution in [1.29, 1.82) is 0 Å². The van der Waals surface area contributed by atoms with E-state index in [0.29, 0.717) is 6.54 Å². The molecule has 4 heteroatoms. The summed E-state index contributed by atoms with van der Waals surface area (Å²) in [7, 11) is 2.01. The minimum absolute atomic E-state index is 0.503. The number of hydrogen-bond acceptors (Lipinski definition) is 3. The molecule has 0 bridgehead atoms. The van der Waals surface area contributed by atoms with Crippen LogP contribution < -0.4 is 10.6 Å². The first-order valence-electron chi connectivity index (χ1n) is 6.22. The van der Waals surface area contributed by atoms with Crippen LogP contribution in [0.3, 0.4) is 0 Å². The second-order valence-electron chi connectivity index (χ2n) is 4.62. The number of rotatable bonds is 4. The van der Waals surface area contributed by atoms with Crippen LogP contribution in [0.2, 0.25) is 5.02 Å². The average molecular weight is 276 g/mol. The highest BCUT2D eigenvalue weighted by molar-refractivity contribution is 6.33. The summed E-state index contributed by atoms with van der Waals surface area (Å²) < 4.78 is 0. The van der Waals surface area contributed by atoms with Crippen molar-refractivity contribution >= 4 is 17.3 Å². The van der Waals surface area contributed by atoms with E-state index in [0.717, 1.165) is 34.2 Å². The first-order chi connectivity index (χ1) is 9.10. The Bertz CT molecular complexity index is 569. The highest BCUT2D eigenvalue weighted by Gasteiger charge is 2.08. The maximum Gasteiger partial charge on any atom is 0.0642 e. The lowest BCUT2D eigenvalue weighted by Gasteiger charge is -2.20. The van der Waals surface area contributed by atoms with E-state index in [1.807, 2.05) is 50.4 Å². The number of nitrogens with zero attached hydrogens (tertiary/aromatic N) is 2. The van der Waals surface area contributed by atoms with Crippen LogP contribution in [0.25, 0.3) is 0 Å². The summed E-state index contributed by atoms with van der Waals surface area (Å²) in [6, 6.07) is 11.9. The lowest BCUT2D eigenvalue weighted by atomic mass is 10.2. The Morgan fingerprint density at radius 2 is 2.05 bits per heavy atom. The highest BCUT2D eigenvalue weighted by atomic mass is 35.5. The topological polar surface area (TPSA) is 42.1 Å². The molecule has 0 fully saturated rings. The van der Waals surface area contributed by atoms with Gasteiger partial charge >= 0.3 is 0 Å². The lowest BCUT2D eigenvalue weighted by Crippen LogP contribution is -2.18. The summed E-state index contributed by atoms with van der Waals surface area (Å²) in [5, 5.41) is 0.720. The number of aryl methyl sites for hydroxylation is 1. The van der Waals surface area contributed by atoms with Crippen LogP contribution in [0.4, 0.5) is 5.69 Å². The predicted molar refractivity (Wildman–Crippen MR) is 80.4 cm³/mol. The smallest absolute Gasteiger partial charge is 0.0642 e. The average Bonchev–Trinajstić information content (AvgIpc) is 2.38. The fraction of sp³-hybridized carbons (Fsp3) is 0.267. The Morgan fingerprint density at radius 3 is 2.68 bits per heavy atom. The van der Waals surface area contributed by atoms with E-state index < -0.39 is 0 Å². The number of anilines is 1. The molecule has 2 aromatic rings. The van der Waals surface area contributed by atoms with E-state index in [1.54, 1.807) is 0 Å². The Morgan fingerprint density at radius 1 is 1.26 bits per heavy atom. The summed E-state index contributed by atoms with van der Waals surface area (Å²) in [6.07, 6.45) is 0. The maximum absolute atomic E-state index is 6.28. The molecule has 0 aliphatic rings. The molecular formula is C15H18ClN3. The van der Waals surface area contributed by atoms with Crippen molar-refractivity contribution in [1.82, 2.24) is 4.98 Å². The molecule has 0 amide bonds. The molecule has 0 unspecified atom stereocenters. The van der Waals surface area contributed by atoms with E-state index in [-0.39, 0.29) is 0 Å². The SMILES string of the molecule is Cc1cccc(CN(C)c2ccc(CN)cc2Cl)n1. The van der Waals surface area contributed by atoms with Gasteiger partial charge in [-0.15, -0.1) is 0 Å². The number of nitrogens with two attached hydrogens (primary N) is 1. The molecule has 3 nitrogen and oxygen atoms in total. The van der Waals surface area contributed by atoms with Gasteiger partial charge in [0.05, 0.1) is 22.9 Å². The number of aromatic nitrogens is 1. The Hall–Kier alpha value is -1.58. The van der Waals surface area contributed by atoms with Gasteiger partial charge in [0.15, 0.2) is 0 Å². The summed E-state index contributed by atoms with van der Waals surface area (Å²) in [5.41, 5.74) is 9.68. The Balaban J connectivity index is 2.18. The molecule has 1 aromatic carbocycles. The van der Waals surface area contributed by atoms with Crippen LogP contribution in [0.15, 0.2) is 36.4 Å². The van der Waals surface area contributed by atoms with Gasteiger partial charge in [0.25, 0.3) is 0 Å². The largest absolute Gasteiger partial charge is 0.367 e. The minimum Gasteiger partial charge on any atom is -0.367 e. The van der Waals surface area contributed by atoms with Crippen molar-refractivity contribution < 1.29 is 0 Å². The summed E-state index contributed by atoms with van der Waals surface area (Å²) in [6.45, 7) is 3.22. The van der Waals surface area contributed by atoms with Crippen molar-refractivity contribution in [2.24, 2.45) is 5.73 Å². The van der Waals surface area contributed by atoms with Crippen molar-refractivity contribution in [2.45, 2.75) is 20.0 Å². The third kappa shape index (κ3) is 3.46. The lowest BCUT2D eigenvalue weighted by molar-refractivity contribution is 0.876. The fourth-order valence-electron chi connectivity index (χ4n) is 2.00. The van der Waals surface area contributed by atoms with E-state index in [9.17, 15) is 0 Å². The fourth-order valence-corrected chi connectivity index (χ4v) is 2.35. The molecule has 0 saturated carbocycles. The van der Waals surface area contributed by atoms with Crippen LogP contribution in [0.1, 0.15) is 17.0 Å². The van der Waals surface area contributed by atoms with Crippen molar-refractivity contribution in [3.63, 3.8) is 0 Å². The summed E-state index contributed by atoms with van der Waals surface area (Å²) >= 11 is 6.28. The molecule has 0 saturated heterocycles. The van der Waals surface area contributed by atoms with Crippen LogP contribution in [0, 0.1) is 6.92 Å². The standard InChI is InChI=1S/C15H18ClN3/c1-11-4-3-5-13(18-11)10-19(2)15-7-6-12(9-17)8-14(15)16/h3-8H,9-10,17H2,1-2H3. The van der Waals surface area contributed by atoms with Gasteiger partial charge in [-0.3, -0.25) is 4.98 Å². The molecular weight excluding hydrogens is 258 g/mol. The summed E-state index contributed by atoms with van der Waals surface area (Å²) in [4.78, 5) is 6.59. The predicted octanol–water partition coefficient (Wildman–Crippen LogP) is 3.14.